The van der Waals surface area contributed by atoms with E-state index in [4.69, 9.17) is 0 Å². The standard InChI is InChI=1S/C58H36/c1-2-10-38-31-39(18-17-37(38)9-1)40-23-27-51-44(32-40)19-20-45-33-41(24-28-52(45)51)42-25-29-53-46(34-42)21-22-47-35-48(26-30-54(47)53)50-13-5-6-15-56(50)58-36-43-11-3-4-12-49(43)55-14-7-8-16-57(55)58/h1-36H. The largest absolute Gasteiger partial charge is 0.0616 e. The maximum atomic E-state index is 2.36. The van der Waals surface area contributed by atoms with Crippen LogP contribution in [0.5, 0.6) is 0 Å². The van der Waals surface area contributed by atoms with Crippen LogP contribution in [-0.2, 0) is 0 Å². The Morgan fingerprint density at radius 2 is 0.500 bits per heavy atom. The van der Waals surface area contributed by atoms with E-state index >= 15 is 0 Å². The van der Waals surface area contributed by atoms with Crippen LogP contribution in [0, 0.1) is 0 Å². The van der Waals surface area contributed by atoms with Crippen molar-refractivity contribution >= 4 is 75.4 Å². The molecular weight excluding hydrogens is 697 g/mol. The van der Waals surface area contributed by atoms with Gasteiger partial charge in [0.15, 0.2) is 0 Å². The molecule has 0 aliphatic carbocycles. The smallest absolute Gasteiger partial charge is 0.00928 e. The summed E-state index contributed by atoms with van der Waals surface area (Å²) < 4.78 is 0. The van der Waals surface area contributed by atoms with Crippen molar-refractivity contribution in [3.63, 3.8) is 0 Å². The van der Waals surface area contributed by atoms with Gasteiger partial charge in [-0.25, -0.2) is 0 Å². The van der Waals surface area contributed by atoms with Gasteiger partial charge < -0.3 is 0 Å². The van der Waals surface area contributed by atoms with Gasteiger partial charge >= 0.3 is 0 Å². The van der Waals surface area contributed by atoms with Crippen molar-refractivity contribution in [3.8, 4) is 44.5 Å². The van der Waals surface area contributed by atoms with Gasteiger partial charge in [-0.1, -0.05) is 182 Å². The zero-order chi connectivity index (χ0) is 38.2. The van der Waals surface area contributed by atoms with E-state index in [1.807, 2.05) is 0 Å². The van der Waals surface area contributed by atoms with Crippen LogP contribution in [0.4, 0.5) is 0 Å². The first-order valence-electron chi connectivity index (χ1n) is 20.1. The second-order valence-electron chi connectivity index (χ2n) is 15.7. The van der Waals surface area contributed by atoms with Crippen LogP contribution in [0.15, 0.2) is 218 Å². The number of hydrogen-bond donors (Lipinski definition) is 0. The lowest BCUT2D eigenvalue weighted by molar-refractivity contribution is 1.62. The average Bonchev–Trinajstić information content (AvgIpc) is 3.30. The van der Waals surface area contributed by atoms with E-state index in [0.29, 0.717) is 0 Å². The molecule has 0 saturated heterocycles. The Kier molecular flexibility index (Phi) is 7.33. The Hall–Kier alpha value is -7.54. The topological polar surface area (TPSA) is 0 Å². The minimum atomic E-state index is 1.23. The Bertz CT molecular complexity index is 3620. The Morgan fingerprint density at radius 1 is 0.155 bits per heavy atom. The fourth-order valence-electron chi connectivity index (χ4n) is 9.46. The maximum Gasteiger partial charge on any atom is -0.00928 e. The van der Waals surface area contributed by atoms with Crippen LogP contribution in [0.25, 0.3) is 120 Å². The molecule has 0 spiro atoms. The van der Waals surface area contributed by atoms with E-state index in [1.54, 1.807) is 0 Å². The molecule has 0 heteroatoms. The average molecular weight is 733 g/mol. The fraction of sp³-hybridized carbons (Fsp3) is 0. The minimum absolute atomic E-state index is 1.23. The van der Waals surface area contributed by atoms with Crippen molar-refractivity contribution in [2.45, 2.75) is 0 Å². The van der Waals surface area contributed by atoms with E-state index in [1.165, 1.54) is 120 Å². The molecule has 12 aromatic carbocycles. The molecule has 0 atom stereocenters. The van der Waals surface area contributed by atoms with Gasteiger partial charge in [0.25, 0.3) is 0 Å². The van der Waals surface area contributed by atoms with Gasteiger partial charge in [-0.3, -0.25) is 0 Å². The van der Waals surface area contributed by atoms with Gasteiger partial charge in [0.2, 0.25) is 0 Å². The first-order chi connectivity index (χ1) is 28.7. The third-order valence-corrected chi connectivity index (χ3v) is 12.4. The van der Waals surface area contributed by atoms with Gasteiger partial charge in [0.05, 0.1) is 0 Å². The molecule has 0 aliphatic rings. The molecule has 268 valence electrons. The number of rotatable bonds is 4. The van der Waals surface area contributed by atoms with Crippen LogP contribution in [-0.4, -0.2) is 0 Å². The SMILES string of the molecule is c1ccc(-c2cc3ccccc3c3ccccc23)c(-c2ccc3c(ccc4cc(-c5ccc6c(ccc7cc(-c8ccc9ccccc9c8)ccc76)c5)ccc43)c2)c1. The summed E-state index contributed by atoms with van der Waals surface area (Å²) in [5.41, 5.74) is 9.95. The lowest BCUT2D eigenvalue weighted by Gasteiger charge is -2.16. The second-order valence-corrected chi connectivity index (χ2v) is 15.7. The van der Waals surface area contributed by atoms with Gasteiger partial charge in [-0.2, -0.15) is 0 Å². The van der Waals surface area contributed by atoms with Gasteiger partial charge in [0, 0.05) is 0 Å². The molecule has 0 aliphatic heterocycles. The van der Waals surface area contributed by atoms with Crippen LogP contribution < -0.4 is 0 Å². The summed E-state index contributed by atoms with van der Waals surface area (Å²) in [6, 6.07) is 80.9. The van der Waals surface area contributed by atoms with Crippen LogP contribution in [0.2, 0.25) is 0 Å². The van der Waals surface area contributed by atoms with Crippen molar-refractivity contribution in [3.05, 3.63) is 218 Å². The van der Waals surface area contributed by atoms with Crippen molar-refractivity contribution in [2.75, 3.05) is 0 Å². The Balaban J connectivity index is 0.888. The molecule has 0 nitrogen and oxygen atoms in total. The number of hydrogen-bond acceptors (Lipinski definition) is 0. The van der Waals surface area contributed by atoms with Gasteiger partial charge in [-0.15, -0.1) is 0 Å². The monoisotopic (exact) mass is 732 g/mol. The first-order valence-corrected chi connectivity index (χ1v) is 20.1. The van der Waals surface area contributed by atoms with Crippen molar-refractivity contribution < 1.29 is 0 Å². The molecule has 0 saturated carbocycles. The molecule has 12 rings (SSSR count). The molecule has 0 amide bonds. The molecule has 0 unspecified atom stereocenters. The highest BCUT2D eigenvalue weighted by molar-refractivity contribution is 6.16. The molecule has 0 radical (unpaired) electrons. The summed E-state index contributed by atoms with van der Waals surface area (Å²) in [6.45, 7) is 0. The second kappa shape index (κ2) is 13.0. The van der Waals surface area contributed by atoms with Crippen LogP contribution in [0.1, 0.15) is 0 Å². The highest BCUT2D eigenvalue weighted by Crippen LogP contribution is 2.41. The molecule has 0 bridgehead atoms. The van der Waals surface area contributed by atoms with E-state index in [0.717, 1.165) is 0 Å². The fourth-order valence-corrected chi connectivity index (χ4v) is 9.46. The van der Waals surface area contributed by atoms with Gasteiger partial charge in [-0.05, 0) is 156 Å². The lowest BCUT2D eigenvalue weighted by atomic mass is 9.88. The predicted octanol–water partition coefficient (Wildman–Crippen LogP) is 16.4. The summed E-state index contributed by atoms with van der Waals surface area (Å²) in [6.07, 6.45) is 0. The molecule has 12 aromatic rings. The summed E-state index contributed by atoms with van der Waals surface area (Å²) in [5, 5.41) is 17.8. The highest BCUT2D eigenvalue weighted by Gasteiger charge is 2.14. The molecule has 58 heavy (non-hydrogen) atoms. The quantitative estimate of drug-likeness (QED) is 0.158. The van der Waals surface area contributed by atoms with E-state index in [9.17, 15) is 0 Å². The first kappa shape index (κ1) is 32.7. The zero-order valence-electron chi connectivity index (χ0n) is 31.8. The molecular formula is C58H36. The predicted molar refractivity (Wildman–Crippen MR) is 251 cm³/mol. The van der Waals surface area contributed by atoms with Crippen molar-refractivity contribution in [2.24, 2.45) is 0 Å². The minimum Gasteiger partial charge on any atom is -0.0616 e. The zero-order valence-corrected chi connectivity index (χ0v) is 31.8. The van der Waals surface area contributed by atoms with E-state index < -0.39 is 0 Å². The number of benzene rings is 12. The third-order valence-electron chi connectivity index (χ3n) is 12.4. The highest BCUT2D eigenvalue weighted by atomic mass is 14.2. The maximum absolute atomic E-state index is 2.36. The summed E-state index contributed by atoms with van der Waals surface area (Å²) >= 11 is 0. The third kappa shape index (κ3) is 5.30. The van der Waals surface area contributed by atoms with Crippen LogP contribution >= 0.6 is 0 Å². The summed E-state index contributed by atoms with van der Waals surface area (Å²) in [4.78, 5) is 0. The van der Waals surface area contributed by atoms with Crippen LogP contribution in [0.3, 0.4) is 0 Å². The van der Waals surface area contributed by atoms with Gasteiger partial charge in [0.1, 0.15) is 0 Å². The molecule has 0 aromatic heterocycles. The molecule has 0 fully saturated rings. The molecule has 0 heterocycles. The lowest BCUT2D eigenvalue weighted by Crippen LogP contribution is -1.89. The summed E-state index contributed by atoms with van der Waals surface area (Å²) in [5.74, 6) is 0. The molecule has 0 N–H and O–H groups in total. The Morgan fingerprint density at radius 3 is 1.09 bits per heavy atom. The Labute approximate surface area is 336 Å². The number of fused-ring (bicyclic) bond motifs is 10. The van der Waals surface area contributed by atoms with E-state index in [-0.39, 0.29) is 0 Å². The van der Waals surface area contributed by atoms with Crippen molar-refractivity contribution in [1.82, 2.24) is 0 Å². The van der Waals surface area contributed by atoms with E-state index in [2.05, 4.69) is 218 Å². The summed E-state index contributed by atoms with van der Waals surface area (Å²) in [7, 11) is 0. The normalized spacial score (nSPS) is 11.8. The van der Waals surface area contributed by atoms with Crippen molar-refractivity contribution in [1.29, 1.82) is 0 Å².